The number of amides is 1. The molecular weight excluding hydrogens is 350 g/mol. The van der Waals surface area contributed by atoms with Crippen molar-refractivity contribution in [2.24, 2.45) is 0 Å². The summed E-state index contributed by atoms with van der Waals surface area (Å²) < 4.78 is 12.8. The van der Waals surface area contributed by atoms with E-state index in [2.05, 4.69) is 10.6 Å². The number of hydrogen-bond acceptors (Lipinski definition) is 2. The third kappa shape index (κ3) is 6.48. The maximum absolute atomic E-state index is 12.8. The highest BCUT2D eigenvalue weighted by molar-refractivity contribution is 6.35. The van der Waals surface area contributed by atoms with Crippen LogP contribution in [0.3, 0.4) is 0 Å². The lowest BCUT2D eigenvalue weighted by molar-refractivity contribution is -0.120. The van der Waals surface area contributed by atoms with Gasteiger partial charge < -0.3 is 10.6 Å². The number of halogens is 3. The van der Waals surface area contributed by atoms with Crippen molar-refractivity contribution in [1.29, 1.82) is 0 Å². The molecule has 0 saturated carbocycles. The zero-order valence-electron chi connectivity index (χ0n) is 13.1. The van der Waals surface area contributed by atoms with E-state index in [4.69, 9.17) is 23.2 Å². The van der Waals surface area contributed by atoms with Crippen molar-refractivity contribution in [3.05, 3.63) is 69.5 Å². The fourth-order valence-corrected chi connectivity index (χ4v) is 2.69. The Labute approximate surface area is 151 Å². The van der Waals surface area contributed by atoms with E-state index in [-0.39, 0.29) is 11.7 Å². The summed E-state index contributed by atoms with van der Waals surface area (Å²) in [5.74, 6) is -0.273. The molecule has 3 nitrogen and oxygen atoms in total. The van der Waals surface area contributed by atoms with Crippen LogP contribution < -0.4 is 10.6 Å². The molecule has 1 amide bonds. The molecule has 0 spiro atoms. The van der Waals surface area contributed by atoms with Crippen LogP contribution in [0.15, 0.2) is 42.5 Å². The van der Waals surface area contributed by atoms with E-state index in [0.29, 0.717) is 42.5 Å². The number of carbonyl (C=O) groups excluding carboxylic acids is 1. The second kappa shape index (κ2) is 9.62. The Bertz CT molecular complexity index is 677. The Kier molecular flexibility index (Phi) is 7.50. The summed E-state index contributed by atoms with van der Waals surface area (Å²) in [5.41, 5.74) is 1.94. The van der Waals surface area contributed by atoms with Crippen molar-refractivity contribution in [3.8, 4) is 0 Å². The Morgan fingerprint density at radius 1 is 1.04 bits per heavy atom. The first-order chi connectivity index (χ1) is 11.5. The van der Waals surface area contributed by atoms with E-state index in [1.807, 2.05) is 6.07 Å². The predicted molar refractivity (Wildman–Crippen MR) is 95.9 cm³/mol. The average molecular weight is 369 g/mol. The van der Waals surface area contributed by atoms with Crippen molar-refractivity contribution in [2.75, 3.05) is 13.1 Å². The summed E-state index contributed by atoms with van der Waals surface area (Å²) in [6, 6.07) is 11.6. The van der Waals surface area contributed by atoms with E-state index >= 15 is 0 Å². The quantitative estimate of drug-likeness (QED) is 0.692. The minimum atomic E-state index is -0.251. The minimum Gasteiger partial charge on any atom is -0.356 e. The molecule has 0 bridgehead atoms. The first kappa shape index (κ1) is 18.7. The summed E-state index contributed by atoms with van der Waals surface area (Å²) in [6.45, 7) is 1.69. The molecule has 0 fully saturated rings. The van der Waals surface area contributed by atoms with Gasteiger partial charge in [-0.25, -0.2) is 4.39 Å². The maximum atomic E-state index is 12.8. The molecule has 0 radical (unpaired) electrons. The van der Waals surface area contributed by atoms with Gasteiger partial charge in [-0.05, 0) is 41.8 Å². The van der Waals surface area contributed by atoms with Crippen LogP contribution >= 0.6 is 23.2 Å². The molecule has 2 rings (SSSR count). The molecule has 0 heterocycles. The molecule has 0 aliphatic rings. The molecule has 2 aromatic carbocycles. The Morgan fingerprint density at radius 2 is 1.79 bits per heavy atom. The van der Waals surface area contributed by atoms with E-state index in [1.54, 1.807) is 24.3 Å². The molecule has 6 heteroatoms. The van der Waals surface area contributed by atoms with Crippen LogP contribution in [0.5, 0.6) is 0 Å². The molecule has 0 aromatic heterocycles. The lowest BCUT2D eigenvalue weighted by Gasteiger charge is -2.08. The highest BCUT2D eigenvalue weighted by Crippen LogP contribution is 2.20. The standard InChI is InChI=1S/C18H19Cl2FN2O/c19-15-4-3-14(17(20)11-15)7-10-23-18(24)8-9-22-12-13-1-5-16(21)6-2-13/h1-6,11,22H,7-10,12H2,(H,23,24). The van der Waals surface area contributed by atoms with E-state index in [9.17, 15) is 9.18 Å². The third-order valence-electron chi connectivity index (χ3n) is 3.50. The Balaban J connectivity index is 1.60. The highest BCUT2D eigenvalue weighted by atomic mass is 35.5. The second-order valence-electron chi connectivity index (χ2n) is 5.39. The summed E-state index contributed by atoms with van der Waals surface area (Å²) in [5, 5.41) is 7.22. The fourth-order valence-electron chi connectivity index (χ4n) is 2.19. The predicted octanol–water partition coefficient (Wildman–Crippen LogP) is 3.97. The number of rotatable bonds is 8. The van der Waals surface area contributed by atoms with Crippen molar-refractivity contribution in [3.63, 3.8) is 0 Å². The molecule has 0 atom stereocenters. The lowest BCUT2D eigenvalue weighted by Crippen LogP contribution is -2.29. The fraction of sp³-hybridized carbons (Fsp3) is 0.278. The van der Waals surface area contributed by atoms with Gasteiger partial charge in [0.15, 0.2) is 0 Å². The van der Waals surface area contributed by atoms with E-state index in [1.165, 1.54) is 12.1 Å². The smallest absolute Gasteiger partial charge is 0.221 e. The summed E-state index contributed by atoms with van der Waals surface area (Å²) in [7, 11) is 0. The van der Waals surface area contributed by atoms with E-state index < -0.39 is 0 Å². The topological polar surface area (TPSA) is 41.1 Å². The van der Waals surface area contributed by atoms with E-state index in [0.717, 1.165) is 11.1 Å². The Morgan fingerprint density at radius 3 is 2.50 bits per heavy atom. The van der Waals surface area contributed by atoms with Crippen LogP contribution in [0.25, 0.3) is 0 Å². The van der Waals surface area contributed by atoms with Crippen LogP contribution in [0.4, 0.5) is 4.39 Å². The van der Waals surface area contributed by atoms with Crippen molar-refractivity contribution in [2.45, 2.75) is 19.4 Å². The number of hydrogen-bond donors (Lipinski definition) is 2. The number of nitrogens with one attached hydrogen (secondary N) is 2. The van der Waals surface area contributed by atoms with Crippen LogP contribution in [0.2, 0.25) is 10.0 Å². The molecule has 24 heavy (non-hydrogen) atoms. The largest absolute Gasteiger partial charge is 0.356 e. The molecular formula is C18H19Cl2FN2O. The first-order valence-electron chi connectivity index (χ1n) is 7.70. The van der Waals surface area contributed by atoms with Gasteiger partial charge in [0, 0.05) is 36.1 Å². The van der Waals surface area contributed by atoms with Gasteiger partial charge in [0.05, 0.1) is 0 Å². The lowest BCUT2D eigenvalue weighted by atomic mass is 10.1. The Hall–Kier alpha value is -1.62. The van der Waals surface area contributed by atoms with Crippen LogP contribution in [-0.2, 0) is 17.8 Å². The molecule has 128 valence electrons. The molecule has 2 aromatic rings. The van der Waals surface area contributed by atoms with Crippen molar-refractivity contribution in [1.82, 2.24) is 10.6 Å². The summed E-state index contributed by atoms with van der Waals surface area (Å²) >= 11 is 11.9. The highest BCUT2D eigenvalue weighted by Gasteiger charge is 2.04. The number of benzene rings is 2. The van der Waals surface area contributed by atoms with Gasteiger partial charge in [0.25, 0.3) is 0 Å². The zero-order chi connectivity index (χ0) is 17.4. The van der Waals surface area contributed by atoms with Gasteiger partial charge >= 0.3 is 0 Å². The zero-order valence-corrected chi connectivity index (χ0v) is 14.6. The second-order valence-corrected chi connectivity index (χ2v) is 6.23. The third-order valence-corrected chi connectivity index (χ3v) is 4.09. The molecule has 0 aliphatic heterocycles. The first-order valence-corrected chi connectivity index (χ1v) is 8.46. The summed E-state index contributed by atoms with van der Waals surface area (Å²) in [6.07, 6.45) is 1.04. The summed E-state index contributed by atoms with van der Waals surface area (Å²) in [4.78, 5) is 11.8. The van der Waals surface area contributed by atoms with Crippen molar-refractivity contribution < 1.29 is 9.18 Å². The van der Waals surface area contributed by atoms with Gasteiger partial charge in [-0.2, -0.15) is 0 Å². The van der Waals surface area contributed by atoms with Gasteiger partial charge in [0.2, 0.25) is 5.91 Å². The van der Waals surface area contributed by atoms with Gasteiger partial charge in [-0.1, -0.05) is 41.4 Å². The molecule has 0 aliphatic carbocycles. The SMILES string of the molecule is O=C(CCNCc1ccc(F)cc1)NCCc1ccc(Cl)cc1Cl. The number of carbonyl (C=O) groups is 1. The van der Waals surface area contributed by atoms with Crippen molar-refractivity contribution >= 4 is 29.1 Å². The average Bonchev–Trinajstić information content (AvgIpc) is 2.55. The molecule has 0 saturated heterocycles. The maximum Gasteiger partial charge on any atom is 0.221 e. The van der Waals surface area contributed by atoms with Gasteiger partial charge in [0.1, 0.15) is 5.82 Å². The normalized spacial score (nSPS) is 10.6. The van der Waals surface area contributed by atoms with Crippen LogP contribution in [-0.4, -0.2) is 19.0 Å². The van der Waals surface area contributed by atoms with Gasteiger partial charge in [-0.3, -0.25) is 4.79 Å². The monoisotopic (exact) mass is 368 g/mol. The minimum absolute atomic E-state index is 0.0216. The van der Waals surface area contributed by atoms with Crippen LogP contribution in [0.1, 0.15) is 17.5 Å². The molecule has 0 unspecified atom stereocenters. The van der Waals surface area contributed by atoms with Gasteiger partial charge in [-0.15, -0.1) is 0 Å². The molecule has 2 N–H and O–H groups in total. The van der Waals surface area contributed by atoms with Crippen LogP contribution in [0, 0.1) is 5.82 Å².